The normalized spacial score (nSPS) is 13.5. The van der Waals surface area contributed by atoms with Crippen LogP contribution in [0.5, 0.6) is 0 Å². The van der Waals surface area contributed by atoms with Crippen LogP contribution in [0.1, 0.15) is 19.0 Å². The van der Waals surface area contributed by atoms with Gasteiger partial charge in [-0.3, -0.25) is 9.78 Å². The van der Waals surface area contributed by atoms with Crippen molar-refractivity contribution in [3.05, 3.63) is 40.5 Å². The van der Waals surface area contributed by atoms with E-state index in [0.717, 1.165) is 5.69 Å². The third kappa shape index (κ3) is 4.89. The second-order valence-electron chi connectivity index (χ2n) is 3.85. The molecule has 90 valence electrons. The van der Waals surface area contributed by atoms with Crippen LogP contribution in [-0.2, 0) is 11.2 Å². The lowest BCUT2D eigenvalue weighted by Crippen LogP contribution is -2.17. The molecule has 1 rings (SSSR count). The molecule has 0 aliphatic heterocycles. The minimum atomic E-state index is -0.270. The van der Waals surface area contributed by atoms with Crippen molar-refractivity contribution < 1.29 is 4.79 Å². The summed E-state index contributed by atoms with van der Waals surface area (Å²) in [4.78, 5) is 18.3. The largest absolute Gasteiger partial charge is 0.287 e. The molecule has 0 amide bonds. The fraction of sp³-hybridized carbons (Fsp3) is 0.455. The number of nitrogens with zero attached hydrogens (tertiary/aromatic N) is 4. The highest BCUT2D eigenvalue weighted by Gasteiger charge is 2.19. The molecule has 0 saturated carbocycles. The molecule has 0 saturated heterocycles. The minimum Gasteiger partial charge on any atom is -0.287 e. The maximum absolute atomic E-state index is 11.4. The molecular weight excluding hydrogens is 236 g/mol. The summed E-state index contributed by atoms with van der Waals surface area (Å²) in [5.41, 5.74) is 9.16. The maximum atomic E-state index is 11.4. The van der Waals surface area contributed by atoms with Crippen LogP contribution < -0.4 is 0 Å². The molecule has 0 N–H and O–H groups in total. The zero-order valence-corrected chi connectivity index (χ0v) is 10.4. The van der Waals surface area contributed by atoms with E-state index in [-0.39, 0.29) is 17.1 Å². The van der Waals surface area contributed by atoms with Gasteiger partial charge in [-0.25, -0.2) is 0 Å². The summed E-state index contributed by atoms with van der Waals surface area (Å²) < 4.78 is 0. The van der Waals surface area contributed by atoms with Crippen LogP contribution in [0.25, 0.3) is 10.4 Å². The fourth-order valence-electron chi connectivity index (χ4n) is 1.59. The van der Waals surface area contributed by atoms with E-state index in [4.69, 9.17) is 5.53 Å². The highest BCUT2D eigenvalue weighted by Crippen LogP contribution is 2.17. The molecular formula is C11H14N4OS. The van der Waals surface area contributed by atoms with Gasteiger partial charge >= 0.3 is 0 Å². The zero-order chi connectivity index (χ0) is 12.7. The average molecular weight is 250 g/mol. The van der Waals surface area contributed by atoms with Crippen molar-refractivity contribution in [3.63, 3.8) is 0 Å². The summed E-state index contributed by atoms with van der Waals surface area (Å²) in [6.45, 7) is 1.78. The summed E-state index contributed by atoms with van der Waals surface area (Å²) >= 11 is 3.86. The monoisotopic (exact) mass is 250 g/mol. The molecule has 0 aromatic carbocycles. The van der Waals surface area contributed by atoms with Crippen LogP contribution in [0.15, 0.2) is 29.5 Å². The Morgan fingerprint density at radius 3 is 2.94 bits per heavy atom. The van der Waals surface area contributed by atoms with E-state index in [2.05, 4.69) is 27.6 Å². The summed E-state index contributed by atoms with van der Waals surface area (Å²) in [6.07, 6.45) is 2.70. The molecule has 0 fully saturated rings. The molecule has 17 heavy (non-hydrogen) atoms. The smallest absolute Gasteiger partial charge is 0.189 e. The number of pyridine rings is 1. The van der Waals surface area contributed by atoms with Gasteiger partial charge in [0.25, 0.3) is 0 Å². The van der Waals surface area contributed by atoms with Crippen molar-refractivity contribution in [1.29, 1.82) is 0 Å². The standard InChI is InChI=1S/C11H14N4OS/c1-8(14-15-12)6-9(11(16)17)7-10-4-2-3-5-13-10/h2-5,8-9H,6-7H2,1H3,(H,16,17). The van der Waals surface area contributed by atoms with Gasteiger partial charge in [0, 0.05) is 35.2 Å². The van der Waals surface area contributed by atoms with Gasteiger partial charge in [-0.1, -0.05) is 18.1 Å². The third-order valence-corrected chi connectivity index (χ3v) is 2.77. The predicted octanol–water partition coefficient (Wildman–Crippen LogP) is 2.79. The Morgan fingerprint density at radius 1 is 1.65 bits per heavy atom. The van der Waals surface area contributed by atoms with Crippen LogP contribution in [0.4, 0.5) is 0 Å². The van der Waals surface area contributed by atoms with E-state index in [0.29, 0.717) is 12.8 Å². The first kappa shape index (κ1) is 13.5. The van der Waals surface area contributed by atoms with Gasteiger partial charge in [0.15, 0.2) is 5.12 Å². The molecule has 6 heteroatoms. The minimum absolute atomic E-state index is 0.198. The summed E-state index contributed by atoms with van der Waals surface area (Å²) in [6, 6.07) is 5.34. The van der Waals surface area contributed by atoms with Crippen molar-refractivity contribution in [1.82, 2.24) is 4.98 Å². The number of hydrogen-bond acceptors (Lipinski definition) is 3. The van der Waals surface area contributed by atoms with Gasteiger partial charge in [0.2, 0.25) is 0 Å². The van der Waals surface area contributed by atoms with Crippen LogP contribution in [0, 0.1) is 5.92 Å². The molecule has 1 heterocycles. The van der Waals surface area contributed by atoms with Crippen LogP contribution >= 0.6 is 12.6 Å². The highest BCUT2D eigenvalue weighted by molar-refractivity contribution is 7.96. The number of thiol groups is 1. The molecule has 2 unspecified atom stereocenters. The number of aromatic nitrogens is 1. The van der Waals surface area contributed by atoms with Gasteiger partial charge < -0.3 is 0 Å². The molecule has 0 bridgehead atoms. The van der Waals surface area contributed by atoms with Gasteiger partial charge in [0.05, 0.1) is 0 Å². The lowest BCUT2D eigenvalue weighted by atomic mass is 9.97. The molecule has 5 nitrogen and oxygen atoms in total. The van der Waals surface area contributed by atoms with E-state index in [1.54, 1.807) is 13.1 Å². The Labute approximate surface area is 105 Å². The number of carbonyl (C=O) groups excluding carboxylic acids is 1. The first-order chi connectivity index (χ1) is 8.13. The topological polar surface area (TPSA) is 78.7 Å². The highest BCUT2D eigenvalue weighted by atomic mass is 32.1. The van der Waals surface area contributed by atoms with Gasteiger partial charge in [-0.15, -0.1) is 12.6 Å². The number of rotatable bonds is 6. The Morgan fingerprint density at radius 2 is 2.41 bits per heavy atom. The second-order valence-corrected chi connectivity index (χ2v) is 4.29. The lowest BCUT2D eigenvalue weighted by molar-refractivity contribution is -0.114. The Kier molecular flexibility index (Phi) is 5.52. The first-order valence-corrected chi connectivity index (χ1v) is 5.75. The third-order valence-electron chi connectivity index (χ3n) is 2.41. The quantitative estimate of drug-likeness (QED) is 0.364. The average Bonchev–Trinajstić information content (AvgIpc) is 2.29. The van der Waals surface area contributed by atoms with Gasteiger partial charge in [-0.2, -0.15) is 0 Å². The SMILES string of the molecule is CC(CC(Cc1ccccn1)C(=O)S)N=[N+]=[N-]. The Balaban J connectivity index is 2.67. The van der Waals surface area contributed by atoms with Crippen molar-refractivity contribution in [2.24, 2.45) is 11.0 Å². The van der Waals surface area contributed by atoms with Crippen LogP contribution in [-0.4, -0.2) is 16.1 Å². The lowest BCUT2D eigenvalue weighted by Gasteiger charge is -2.14. The fourth-order valence-corrected chi connectivity index (χ4v) is 1.79. The number of carbonyl (C=O) groups is 1. The second kappa shape index (κ2) is 6.93. The van der Waals surface area contributed by atoms with Crippen LogP contribution in [0.2, 0.25) is 0 Å². The molecule has 1 aromatic heterocycles. The molecule has 0 radical (unpaired) electrons. The number of hydrogen-bond donors (Lipinski definition) is 1. The van der Waals surface area contributed by atoms with Gasteiger partial charge in [-0.05, 0) is 24.1 Å². The predicted molar refractivity (Wildman–Crippen MR) is 68.6 cm³/mol. The molecule has 1 aromatic rings. The van der Waals surface area contributed by atoms with Crippen molar-refractivity contribution in [2.45, 2.75) is 25.8 Å². The van der Waals surface area contributed by atoms with E-state index in [9.17, 15) is 4.79 Å². The van der Waals surface area contributed by atoms with E-state index in [1.807, 2.05) is 18.2 Å². The molecule has 2 atom stereocenters. The van der Waals surface area contributed by atoms with Crippen LogP contribution in [0.3, 0.4) is 0 Å². The summed E-state index contributed by atoms with van der Waals surface area (Å²) in [5.74, 6) is -0.270. The zero-order valence-electron chi connectivity index (χ0n) is 9.52. The first-order valence-electron chi connectivity index (χ1n) is 5.30. The van der Waals surface area contributed by atoms with Gasteiger partial charge in [0.1, 0.15) is 0 Å². The Hall–Kier alpha value is -1.52. The van der Waals surface area contributed by atoms with Crippen molar-refractivity contribution in [3.8, 4) is 0 Å². The van der Waals surface area contributed by atoms with E-state index >= 15 is 0 Å². The van der Waals surface area contributed by atoms with E-state index < -0.39 is 0 Å². The van der Waals surface area contributed by atoms with Crippen molar-refractivity contribution in [2.75, 3.05) is 0 Å². The van der Waals surface area contributed by atoms with E-state index in [1.165, 1.54) is 0 Å². The Bertz CT molecular complexity index is 417. The molecule has 0 aliphatic rings. The number of azide groups is 1. The molecule has 0 spiro atoms. The maximum Gasteiger partial charge on any atom is 0.189 e. The summed E-state index contributed by atoms with van der Waals surface area (Å²) in [5, 5.41) is 3.36. The molecule has 0 aliphatic carbocycles. The van der Waals surface area contributed by atoms with Crippen molar-refractivity contribution >= 4 is 17.7 Å². The summed E-state index contributed by atoms with van der Waals surface area (Å²) in [7, 11) is 0.